The molecule has 100 valence electrons. The first-order valence-electron chi connectivity index (χ1n) is 5.93. The maximum atomic E-state index is 12.3. The van der Waals surface area contributed by atoms with Crippen LogP contribution in [0.3, 0.4) is 0 Å². The van der Waals surface area contributed by atoms with E-state index < -0.39 is 5.54 Å². The second-order valence-electron chi connectivity index (χ2n) is 5.13. The minimum atomic E-state index is -0.412. The van der Waals surface area contributed by atoms with Crippen LogP contribution in [0.4, 0.5) is 0 Å². The lowest BCUT2D eigenvalue weighted by Crippen LogP contribution is -2.51. The first kappa shape index (κ1) is 15.3. The smallest absolute Gasteiger partial charge is 0.179 e. The minimum absolute atomic E-state index is 0.0153. The number of benzene rings is 1. The summed E-state index contributed by atoms with van der Waals surface area (Å²) in [5.74, 6) is 0.0616. The molecule has 1 aromatic carbocycles. The molecule has 18 heavy (non-hydrogen) atoms. The molecule has 1 atom stereocenters. The van der Waals surface area contributed by atoms with Crippen molar-refractivity contribution in [1.29, 1.82) is 0 Å². The SMILES string of the molecule is CC(C(=O)c1ccc(Br)cc1)N(C)C(C)(C)CO. The fourth-order valence-electron chi connectivity index (χ4n) is 1.67. The van der Waals surface area contributed by atoms with Crippen LogP contribution in [0.5, 0.6) is 0 Å². The first-order valence-corrected chi connectivity index (χ1v) is 6.72. The van der Waals surface area contributed by atoms with Crippen LogP contribution in [0, 0.1) is 0 Å². The standard InChI is InChI=1S/C14H20BrNO2/c1-10(16(4)14(2,3)9-17)13(18)11-5-7-12(15)8-6-11/h5-8,10,17H,9H2,1-4H3. The van der Waals surface area contributed by atoms with Gasteiger partial charge in [0, 0.05) is 15.6 Å². The van der Waals surface area contributed by atoms with Gasteiger partial charge < -0.3 is 5.11 Å². The zero-order valence-electron chi connectivity index (χ0n) is 11.3. The largest absolute Gasteiger partial charge is 0.394 e. The highest BCUT2D eigenvalue weighted by Crippen LogP contribution is 2.19. The van der Waals surface area contributed by atoms with Gasteiger partial charge in [0.25, 0.3) is 0 Å². The molecule has 0 aromatic heterocycles. The number of ketones is 1. The number of nitrogens with zero attached hydrogens (tertiary/aromatic N) is 1. The fraction of sp³-hybridized carbons (Fsp3) is 0.500. The van der Waals surface area contributed by atoms with Crippen LogP contribution in [0.2, 0.25) is 0 Å². The summed E-state index contributed by atoms with van der Waals surface area (Å²) in [6, 6.07) is 7.06. The maximum absolute atomic E-state index is 12.3. The molecule has 0 bridgehead atoms. The number of Topliss-reactive ketones (excluding diaryl/α,β-unsaturated/α-hetero) is 1. The normalized spacial score (nSPS) is 13.7. The van der Waals surface area contributed by atoms with Crippen LogP contribution < -0.4 is 0 Å². The number of hydrogen-bond acceptors (Lipinski definition) is 3. The lowest BCUT2D eigenvalue weighted by Gasteiger charge is -2.37. The van der Waals surface area contributed by atoms with Crippen molar-refractivity contribution in [3.05, 3.63) is 34.3 Å². The van der Waals surface area contributed by atoms with Crippen molar-refractivity contribution in [1.82, 2.24) is 4.90 Å². The third-order valence-corrected chi connectivity index (χ3v) is 3.96. The number of halogens is 1. The summed E-state index contributed by atoms with van der Waals surface area (Å²) in [5.41, 5.74) is 0.274. The van der Waals surface area contributed by atoms with Crippen molar-refractivity contribution < 1.29 is 9.90 Å². The lowest BCUT2D eigenvalue weighted by atomic mass is 9.98. The molecular weight excluding hydrogens is 294 g/mol. The second kappa shape index (κ2) is 5.95. The van der Waals surface area contributed by atoms with Gasteiger partial charge in [0.15, 0.2) is 5.78 Å². The molecule has 0 aliphatic heterocycles. The molecule has 3 nitrogen and oxygen atoms in total. The van der Waals surface area contributed by atoms with Crippen molar-refractivity contribution >= 4 is 21.7 Å². The third-order valence-electron chi connectivity index (χ3n) is 3.43. The third kappa shape index (κ3) is 3.40. The van der Waals surface area contributed by atoms with E-state index in [0.717, 1.165) is 4.47 Å². The predicted molar refractivity (Wildman–Crippen MR) is 76.9 cm³/mol. The summed E-state index contributed by atoms with van der Waals surface area (Å²) in [7, 11) is 1.86. The molecule has 1 aromatic rings. The van der Waals surface area contributed by atoms with E-state index in [-0.39, 0.29) is 18.4 Å². The summed E-state index contributed by atoms with van der Waals surface area (Å²) in [6.45, 7) is 5.71. The zero-order chi connectivity index (χ0) is 13.9. The average molecular weight is 314 g/mol. The molecule has 0 saturated carbocycles. The van der Waals surface area contributed by atoms with Crippen LogP contribution >= 0.6 is 15.9 Å². The van der Waals surface area contributed by atoms with Gasteiger partial charge in [-0.1, -0.05) is 28.1 Å². The minimum Gasteiger partial charge on any atom is -0.394 e. The summed E-state index contributed by atoms with van der Waals surface area (Å²) in [4.78, 5) is 14.2. The first-order chi connectivity index (χ1) is 8.29. The van der Waals surface area contributed by atoms with E-state index in [9.17, 15) is 9.90 Å². The highest BCUT2D eigenvalue weighted by atomic mass is 79.9. The van der Waals surface area contributed by atoms with Gasteiger partial charge in [-0.15, -0.1) is 0 Å². The summed E-state index contributed by atoms with van der Waals surface area (Å²) in [5, 5.41) is 9.34. The molecule has 0 amide bonds. The highest BCUT2D eigenvalue weighted by molar-refractivity contribution is 9.10. The Bertz CT molecular complexity index is 414. The van der Waals surface area contributed by atoms with Gasteiger partial charge in [0.2, 0.25) is 0 Å². The molecule has 0 aliphatic carbocycles. The van der Waals surface area contributed by atoms with E-state index in [1.807, 2.05) is 57.0 Å². The Hall–Kier alpha value is -0.710. The van der Waals surface area contributed by atoms with E-state index in [0.29, 0.717) is 5.56 Å². The van der Waals surface area contributed by atoms with Crippen LogP contribution in [0.15, 0.2) is 28.7 Å². The van der Waals surface area contributed by atoms with Crippen LogP contribution in [-0.2, 0) is 0 Å². The van der Waals surface area contributed by atoms with Crippen molar-refractivity contribution in [2.75, 3.05) is 13.7 Å². The van der Waals surface area contributed by atoms with Crippen molar-refractivity contribution in [2.45, 2.75) is 32.4 Å². The molecule has 0 heterocycles. The Morgan fingerprint density at radius 3 is 2.33 bits per heavy atom. The summed E-state index contributed by atoms with van der Waals surface area (Å²) < 4.78 is 0.954. The zero-order valence-corrected chi connectivity index (χ0v) is 12.9. The molecule has 0 spiro atoms. The van der Waals surface area contributed by atoms with Crippen LogP contribution in [-0.4, -0.2) is 41.0 Å². The Balaban J connectivity index is 2.87. The Labute approximate surface area is 117 Å². The summed E-state index contributed by atoms with van der Waals surface area (Å²) in [6.07, 6.45) is 0. The van der Waals surface area contributed by atoms with Crippen molar-refractivity contribution in [2.24, 2.45) is 0 Å². The van der Waals surface area contributed by atoms with Crippen LogP contribution in [0.25, 0.3) is 0 Å². The molecule has 1 N–H and O–H groups in total. The molecule has 1 unspecified atom stereocenters. The highest BCUT2D eigenvalue weighted by Gasteiger charge is 2.30. The van der Waals surface area contributed by atoms with Gasteiger partial charge in [-0.2, -0.15) is 0 Å². The van der Waals surface area contributed by atoms with E-state index in [1.165, 1.54) is 0 Å². The lowest BCUT2D eigenvalue weighted by molar-refractivity contribution is 0.0438. The van der Waals surface area contributed by atoms with Gasteiger partial charge in [-0.3, -0.25) is 9.69 Å². The van der Waals surface area contributed by atoms with Crippen LogP contribution in [0.1, 0.15) is 31.1 Å². The molecule has 1 rings (SSSR count). The number of rotatable bonds is 5. The van der Waals surface area contributed by atoms with Crippen molar-refractivity contribution in [3.8, 4) is 0 Å². The van der Waals surface area contributed by atoms with Gasteiger partial charge in [0.1, 0.15) is 0 Å². The number of aliphatic hydroxyl groups excluding tert-OH is 1. The topological polar surface area (TPSA) is 40.5 Å². The monoisotopic (exact) mass is 313 g/mol. The van der Waals surface area contributed by atoms with E-state index in [1.54, 1.807) is 0 Å². The van der Waals surface area contributed by atoms with E-state index in [4.69, 9.17) is 0 Å². The quantitative estimate of drug-likeness (QED) is 0.850. The fourth-order valence-corrected chi connectivity index (χ4v) is 1.93. The van der Waals surface area contributed by atoms with Crippen molar-refractivity contribution in [3.63, 3.8) is 0 Å². The van der Waals surface area contributed by atoms with Gasteiger partial charge in [-0.05, 0) is 40.0 Å². The average Bonchev–Trinajstić information content (AvgIpc) is 2.37. The molecule has 0 aliphatic rings. The number of aliphatic hydroxyl groups is 1. The van der Waals surface area contributed by atoms with E-state index in [2.05, 4.69) is 15.9 Å². The predicted octanol–water partition coefficient (Wildman–Crippen LogP) is 2.72. The second-order valence-corrected chi connectivity index (χ2v) is 6.04. The molecule has 0 fully saturated rings. The molecular formula is C14H20BrNO2. The van der Waals surface area contributed by atoms with Gasteiger partial charge in [-0.25, -0.2) is 0 Å². The summed E-state index contributed by atoms with van der Waals surface area (Å²) >= 11 is 3.35. The van der Waals surface area contributed by atoms with Gasteiger partial charge >= 0.3 is 0 Å². The molecule has 0 saturated heterocycles. The Morgan fingerprint density at radius 1 is 1.39 bits per heavy atom. The number of carbonyl (C=O) groups excluding carboxylic acids is 1. The van der Waals surface area contributed by atoms with E-state index >= 15 is 0 Å². The number of hydrogen-bond donors (Lipinski definition) is 1. The maximum Gasteiger partial charge on any atom is 0.179 e. The molecule has 4 heteroatoms. The molecule has 0 radical (unpaired) electrons. The number of likely N-dealkylation sites (N-methyl/N-ethyl adjacent to an activating group) is 1. The Morgan fingerprint density at radius 2 is 1.89 bits per heavy atom. The number of carbonyl (C=O) groups is 1. The Kier molecular flexibility index (Phi) is 5.08. The van der Waals surface area contributed by atoms with Gasteiger partial charge in [0.05, 0.1) is 12.6 Å².